The summed E-state index contributed by atoms with van der Waals surface area (Å²) in [5.41, 5.74) is 0.526. The Morgan fingerprint density at radius 1 is 0.941 bits per heavy atom. The monoisotopic (exact) mass is 708 g/mol. The van der Waals surface area contributed by atoms with Crippen LogP contribution >= 0.6 is 0 Å². The molecule has 286 valence electrons. The van der Waals surface area contributed by atoms with Crippen molar-refractivity contribution >= 4 is 11.8 Å². The Morgan fingerprint density at radius 3 is 2.27 bits per heavy atom. The van der Waals surface area contributed by atoms with Crippen LogP contribution in [-0.2, 0) is 14.3 Å². The van der Waals surface area contributed by atoms with Crippen LogP contribution in [0.5, 0.6) is 0 Å². The SMILES string of the molecule is CC(C)[C@H]1C(=O)CC2(CCN[C@H](C)c3cncnc3)CC[C@]3(C)C(CCC4C5(C)CCC(OC(=O)CC(C)(C)C(O)O)C(C)(C)C5CCC43C)C12. The van der Waals surface area contributed by atoms with Gasteiger partial charge in [0.1, 0.15) is 18.2 Å². The number of ether oxygens (including phenoxy) is 1. The number of nitrogens with zero attached hydrogens (tertiary/aromatic N) is 2. The number of carbonyl (C=O) groups excluding carboxylic acids is 2. The van der Waals surface area contributed by atoms with Gasteiger partial charge in [-0.2, -0.15) is 0 Å². The molecule has 0 aliphatic heterocycles. The van der Waals surface area contributed by atoms with E-state index in [4.69, 9.17) is 4.74 Å². The zero-order valence-corrected chi connectivity index (χ0v) is 33.4. The van der Waals surface area contributed by atoms with E-state index in [-0.39, 0.29) is 57.5 Å². The van der Waals surface area contributed by atoms with Crippen molar-refractivity contribution in [3.63, 3.8) is 0 Å². The molecule has 8 unspecified atom stereocenters. The summed E-state index contributed by atoms with van der Waals surface area (Å²) in [6.07, 6.45) is 14.3. The van der Waals surface area contributed by atoms with Crippen molar-refractivity contribution in [2.75, 3.05) is 6.54 Å². The van der Waals surface area contributed by atoms with Crippen LogP contribution in [-0.4, -0.2) is 50.9 Å². The molecule has 5 aliphatic rings. The van der Waals surface area contributed by atoms with Gasteiger partial charge in [-0.25, -0.2) is 9.97 Å². The van der Waals surface area contributed by atoms with Gasteiger partial charge in [-0.3, -0.25) is 9.59 Å². The quantitative estimate of drug-likeness (QED) is 0.165. The number of aromatic nitrogens is 2. The second-order valence-electron chi connectivity index (χ2n) is 20.4. The number of fused-ring (bicyclic) bond motifs is 7. The van der Waals surface area contributed by atoms with Crippen molar-refractivity contribution in [3.8, 4) is 0 Å². The number of carbonyl (C=O) groups is 2. The van der Waals surface area contributed by atoms with Gasteiger partial charge in [-0.05, 0) is 123 Å². The Balaban J connectivity index is 1.23. The summed E-state index contributed by atoms with van der Waals surface area (Å²) in [6, 6.07) is 0.168. The normalized spacial score (nSPS) is 41.0. The molecular formula is C43H69N3O5. The van der Waals surface area contributed by atoms with E-state index in [0.717, 1.165) is 50.6 Å². The average Bonchev–Trinajstić information content (AvgIpc) is 3.35. The second-order valence-corrected chi connectivity index (χ2v) is 20.4. The van der Waals surface area contributed by atoms with E-state index in [1.54, 1.807) is 20.2 Å². The lowest BCUT2D eigenvalue weighted by atomic mass is 9.32. The van der Waals surface area contributed by atoms with E-state index < -0.39 is 11.7 Å². The Labute approximate surface area is 308 Å². The van der Waals surface area contributed by atoms with Crippen molar-refractivity contribution in [2.45, 2.75) is 158 Å². The van der Waals surface area contributed by atoms with Crippen molar-refractivity contribution < 1.29 is 24.5 Å². The summed E-state index contributed by atoms with van der Waals surface area (Å²) in [6.45, 7) is 23.6. The molecule has 6 rings (SSSR count). The highest BCUT2D eigenvalue weighted by molar-refractivity contribution is 5.85. The molecule has 8 heteroatoms. The number of aliphatic hydroxyl groups is 2. The highest BCUT2D eigenvalue weighted by Crippen LogP contribution is 2.77. The number of aliphatic hydroxyl groups excluding tert-OH is 1. The van der Waals surface area contributed by atoms with Crippen molar-refractivity contribution in [1.29, 1.82) is 0 Å². The summed E-state index contributed by atoms with van der Waals surface area (Å²) < 4.78 is 6.22. The first kappa shape index (κ1) is 38.8. The molecule has 1 aromatic rings. The first-order valence-corrected chi connectivity index (χ1v) is 20.3. The number of hydrogen-bond acceptors (Lipinski definition) is 8. The van der Waals surface area contributed by atoms with Crippen LogP contribution in [0.2, 0.25) is 0 Å². The van der Waals surface area contributed by atoms with Crippen LogP contribution in [0.1, 0.15) is 151 Å². The zero-order chi connectivity index (χ0) is 37.4. The van der Waals surface area contributed by atoms with Gasteiger partial charge in [0, 0.05) is 47.2 Å². The van der Waals surface area contributed by atoms with E-state index in [1.807, 2.05) is 12.4 Å². The maximum absolute atomic E-state index is 14.1. The molecule has 0 amide bonds. The Hall–Kier alpha value is -1.90. The smallest absolute Gasteiger partial charge is 0.306 e. The fraction of sp³-hybridized carbons (Fsp3) is 0.860. The van der Waals surface area contributed by atoms with Crippen LogP contribution in [0.3, 0.4) is 0 Å². The van der Waals surface area contributed by atoms with Crippen LogP contribution < -0.4 is 5.32 Å². The number of esters is 1. The molecule has 0 bridgehead atoms. The van der Waals surface area contributed by atoms with Gasteiger partial charge < -0.3 is 20.3 Å². The van der Waals surface area contributed by atoms with E-state index in [9.17, 15) is 19.8 Å². The molecule has 0 spiro atoms. The van der Waals surface area contributed by atoms with Gasteiger partial charge in [0.15, 0.2) is 6.29 Å². The van der Waals surface area contributed by atoms with Crippen molar-refractivity contribution in [1.82, 2.24) is 15.3 Å². The van der Waals surface area contributed by atoms with Crippen molar-refractivity contribution in [3.05, 3.63) is 24.3 Å². The largest absolute Gasteiger partial charge is 0.462 e. The molecule has 5 fully saturated rings. The summed E-state index contributed by atoms with van der Waals surface area (Å²) in [5.74, 6) is 2.67. The number of rotatable bonds is 10. The highest BCUT2D eigenvalue weighted by atomic mass is 16.5. The summed E-state index contributed by atoms with van der Waals surface area (Å²) in [5, 5.41) is 23.4. The number of ketones is 1. The fourth-order valence-electron chi connectivity index (χ4n) is 13.8. The third-order valence-electron chi connectivity index (χ3n) is 16.9. The summed E-state index contributed by atoms with van der Waals surface area (Å²) in [4.78, 5) is 35.7. The molecule has 5 aliphatic carbocycles. The molecule has 5 saturated carbocycles. The first-order valence-electron chi connectivity index (χ1n) is 20.3. The molecule has 3 N–H and O–H groups in total. The maximum atomic E-state index is 14.1. The lowest BCUT2D eigenvalue weighted by Gasteiger charge is -2.73. The first-order chi connectivity index (χ1) is 23.7. The van der Waals surface area contributed by atoms with E-state index in [2.05, 4.69) is 70.7 Å². The van der Waals surface area contributed by atoms with Gasteiger partial charge >= 0.3 is 5.97 Å². The van der Waals surface area contributed by atoms with E-state index in [1.165, 1.54) is 25.7 Å². The maximum Gasteiger partial charge on any atom is 0.306 e. The summed E-state index contributed by atoms with van der Waals surface area (Å²) in [7, 11) is 0. The van der Waals surface area contributed by atoms with Crippen LogP contribution in [0, 0.1) is 68.0 Å². The molecule has 0 radical (unpaired) electrons. The molecule has 0 saturated heterocycles. The van der Waals surface area contributed by atoms with Gasteiger partial charge in [0.2, 0.25) is 0 Å². The van der Waals surface area contributed by atoms with E-state index >= 15 is 0 Å². The minimum Gasteiger partial charge on any atom is -0.462 e. The highest BCUT2D eigenvalue weighted by Gasteiger charge is 2.72. The lowest BCUT2D eigenvalue weighted by molar-refractivity contribution is -0.252. The number of nitrogens with one attached hydrogen (secondary N) is 1. The third kappa shape index (κ3) is 6.23. The van der Waals surface area contributed by atoms with Gasteiger partial charge in [0.05, 0.1) is 6.42 Å². The topological polar surface area (TPSA) is 122 Å². The molecular weight excluding hydrogens is 638 g/mol. The van der Waals surface area contributed by atoms with Crippen LogP contribution in [0.15, 0.2) is 18.7 Å². The zero-order valence-electron chi connectivity index (χ0n) is 33.4. The van der Waals surface area contributed by atoms with E-state index in [0.29, 0.717) is 35.4 Å². The van der Waals surface area contributed by atoms with Crippen LogP contribution in [0.4, 0.5) is 0 Å². The standard InChI is InChI=1S/C43H69N3O5/c1-26(2)35-30(47)21-43(19-20-46-27(3)28-23-44-25-45-24-28)18-17-41(9)29(36(35)43)11-12-32-40(8)15-14-33(51-34(48)22-38(4,5)37(49)50)39(6,7)31(40)13-16-42(32,41)10/h23-27,29,31-33,35-37,46,49-50H,11-22H2,1-10H3/t27-,29?,31?,32?,33?,35+,36?,40?,41-,42?,43?/m1/s1. The minimum atomic E-state index is -1.57. The Bertz CT molecular complexity index is 1450. The van der Waals surface area contributed by atoms with Gasteiger partial charge in [-0.1, -0.05) is 62.3 Å². The molecule has 0 aromatic carbocycles. The van der Waals surface area contributed by atoms with Gasteiger partial charge in [0.25, 0.3) is 0 Å². The molecule has 1 heterocycles. The fourth-order valence-corrected chi connectivity index (χ4v) is 13.8. The number of Topliss-reactive ketones (excluding diaryl/α,β-unsaturated/α-hetero) is 1. The minimum absolute atomic E-state index is 0.0147. The molecule has 11 atom stereocenters. The molecule has 51 heavy (non-hydrogen) atoms. The Kier molecular flexibility index (Phi) is 10.2. The summed E-state index contributed by atoms with van der Waals surface area (Å²) >= 11 is 0. The molecule has 1 aromatic heterocycles. The predicted molar refractivity (Wildman–Crippen MR) is 199 cm³/mol. The van der Waals surface area contributed by atoms with Crippen LogP contribution in [0.25, 0.3) is 0 Å². The average molecular weight is 708 g/mol. The number of hydrogen-bond donors (Lipinski definition) is 3. The third-order valence-corrected chi connectivity index (χ3v) is 16.9. The Morgan fingerprint density at radius 2 is 1.63 bits per heavy atom. The van der Waals surface area contributed by atoms with Gasteiger partial charge in [-0.15, -0.1) is 0 Å². The lowest BCUT2D eigenvalue weighted by Crippen LogP contribution is -2.67. The molecule has 8 nitrogen and oxygen atoms in total. The van der Waals surface area contributed by atoms with Crippen molar-refractivity contribution in [2.24, 2.45) is 68.0 Å². The second kappa shape index (κ2) is 13.4. The predicted octanol–water partition coefficient (Wildman–Crippen LogP) is 8.07.